The molecular weight excluding hydrogens is 296 g/mol. The van der Waals surface area contributed by atoms with Crippen molar-refractivity contribution in [2.24, 2.45) is 0 Å². The number of nitrogens with zero attached hydrogens (tertiary/aromatic N) is 4. The maximum atomic E-state index is 11.6. The van der Waals surface area contributed by atoms with Crippen LogP contribution in [-0.4, -0.2) is 55.1 Å². The van der Waals surface area contributed by atoms with E-state index < -0.39 is 10.0 Å². The lowest BCUT2D eigenvalue weighted by atomic mass is 10.3. The van der Waals surface area contributed by atoms with Crippen LogP contribution in [0.3, 0.4) is 0 Å². The van der Waals surface area contributed by atoms with Gasteiger partial charge in [-0.2, -0.15) is 0 Å². The highest BCUT2D eigenvalue weighted by Gasteiger charge is 2.31. The molecule has 108 valence electrons. The smallest absolute Gasteiger partial charge is 0.211 e. The molecular formula is C12H16N4O2S2. The Bertz CT molecular complexity index is 695. The zero-order chi connectivity index (χ0) is 14.3. The molecule has 1 unspecified atom stereocenters. The summed E-state index contributed by atoms with van der Waals surface area (Å²) in [6.07, 6.45) is 5.59. The molecule has 0 aliphatic carbocycles. The fraction of sp³-hybridized carbons (Fsp3) is 0.500. The van der Waals surface area contributed by atoms with E-state index in [0.717, 1.165) is 28.3 Å². The summed E-state index contributed by atoms with van der Waals surface area (Å²) >= 11 is 1.62. The minimum atomic E-state index is -3.14. The summed E-state index contributed by atoms with van der Waals surface area (Å²) in [5.74, 6) is 0. The Hall–Kier alpha value is -1.25. The summed E-state index contributed by atoms with van der Waals surface area (Å²) in [4.78, 5) is 10.8. The Morgan fingerprint density at radius 3 is 3.00 bits per heavy atom. The molecule has 20 heavy (non-hydrogen) atoms. The summed E-state index contributed by atoms with van der Waals surface area (Å²) in [6.45, 7) is 1.52. The van der Waals surface area contributed by atoms with Gasteiger partial charge in [0.25, 0.3) is 0 Å². The van der Waals surface area contributed by atoms with Crippen molar-refractivity contribution in [1.29, 1.82) is 0 Å². The number of anilines is 1. The minimum Gasteiger partial charge on any atom is -0.346 e. The minimum absolute atomic E-state index is 0.0233. The van der Waals surface area contributed by atoms with Gasteiger partial charge in [-0.05, 0) is 12.5 Å². The molecule has 1 aliphatic rings. The number of rotatable bonds is 3. The Kier molecular flexibility index (Phi) is 3.39. The van der Waals surface area contributed by atoms with Crippen LogP contribution in [0.25, 0.3) is 10.2 Å². The van der Waals surface area contributed by atoms with Gasteiger partial charge in [0.05, 0.1) is 17.2 Å². The molecule has 1 saturated heterocycles. The average molecular weight is 312 g/mol. The first-order valence-electron chi connectivity index (χ1n) is 6.33. The molecule has 0 amide bonds. The molecule has 3 rings (SSSR count). The molecule has 0 aromatic carbocycles. The number of pyridine rings is 1. The van der Waals surface area contributed by atoms with Gasteiger partial charge in [-0.25, -0.2) is 17.7 Å². The van der Waals surface area contributed by atoms with E-state index in [0.29, 0.717) is 6.54 Å². The number of hydrogen-bond acceptors (Lipinski definition) is 6. The molecule has 2 aromatic rings. The Balaban J connectivity index is 1.80. The average Bonchev–Trinajstić information content (AvgIpc) is 3.03. The van der Waals surface area contributed by atoms with Gasteiger partial charge < -0.3 is 4.90 Å². The van der Waals surface area contributed by atoms with E-state index in [1.807, 2.05) is 6.07 Å². The molecule has 0 spiro atoms. The van der Waals surface area contributed by atoms with E-state index in [4.69, 9.17) is 0 Å². The predicted molar refractivity (Wildman–Crippen MR) is 80.6 cm³/mol. The first-order chi connectivity index (χ1) is 9.45. The lowest BCUT2D eigenvalue weighted by molar-refractivity contribution is 0.393. The molecule has 0 N–H and O–H groups in total. The zero-order valence-electron chi connectivity index (χ0n) is 11.4. The van der Waals surface area contributed by atoms with Gasteiger partial charge in [-0.15, -0.1) is 0 Å². The molecule has 1 fully saturated rings. The molecule has 0 bridgehead atoms. The SMILES string of the molecule is CN(C1CCN(c2nc3cnccc3s2)C1)S(C)(=O)=O. The Morgan fingerprint density at radius 1 is 1.50 bits per heavy atom. The van der Waals surface area contributed by atoms with E-state index >= 15 is 0 Å². The predicted octanol–water partition coefficient (Wildman–Crippen LogP) is 1.16. The lowest BCUT2D eigenvalue weighted by Crippen LogP contribution is -2.38. The van der Waals surface area contributed by atoms with Crippen molar-refractivity contribution in [2.75, 3.05) is 31.3 Å². The number of aromatic nitrogens is 2. The third-order valence-corrected chi connectivity index (χ3v) is 6.09. The molecule has 6 nitrogen and oxygen atoms in total. The first-order valence-corrected chi connectivity index (χ1v) is 9.00. The van der Waals surface area contributed by atoms with E-state index in [2.05, 4.69) is 14.9 Å². The van der Waals surface area contributed by atoms with Crippen molar-refractivity contribution >= 4 is 36.7 Å². The lowest BCUT2D eigenvalue weighted by Gasteiger charge is -2.22. The third kappa shape index (κ3) is 2.50. The molecule has 0 saturated carbocycles. The van der Waals surface area contributed by atoms with Crippen molar-refractivity contribution in [1.82, 2.24) is 14.3 Å². The molecule has 3 heterocycles. The number of likely N-dealkylation sites (N-methyl/N-ethyl adjacent to an activating group) is 1. The number of thiazole rings is 1. The van der Waals surface area contributed by atoms with Crippen LogP contribution in [0.2, 0.25) is 0 Å². The normalized spacial score (nSPS) is 20.1. The Labute approximate surface area is 122 Å². The summed E-state index contributed by atoms with van der Waals surface area (Å²) in [5.41, 5.74) is 0.896. The van der Waals surface area contributed by atoms with Crippen LogP contribution in [0.1, 0.15) is 6.42 Å². The monoisotopic (exact) mass is 312 g/mol. The van der Waals surface area contributed by atoms with Crippen LogP contribution in [0.5, 0.6) is 0 Å². The quantitative estimate of drug-likeness (QED) is 0.851. The van der Waals surface area contributed by atoms with Gasteiger partial charge in [0.2, 0.25) is 10.0 Å². The fourth-order valence-electron chi connectivity index (χ4n) is 2.39. The number of sulfonamides is 1. The number of hydrogen-bond donors (Lipinski definition) is 0. The maximum Gasteiger partial charge on any atom is 0.211 e. The molecule has 8 heteroatoms. The molecule has 0 radical (unpaired) electrons. The third-order valence-electron chi connectivity index (χ3n) is 3.65. The Morgan fingerprint density at radius 2 is 2.30 bits per heavy atom. The molecule has 1 aliphatic heterocycles. The molecule has 1 atom stereocenters. The van der Waals surface area contributed by atoms with Crippen molar-refractivity contribution in [3.05, 3.63) is 18.5 Å². The largest absolute Gasteiger partial charge is 0.346 e. The van der Waals surface area contributed by atoms with E-state index in [9.17, 15) is 8.42 Å². The second kappa shape index (κ2) is 4.94. The summed E-state index contributed by atoms with van der Waals surface area (Å²) in [7, 11) is -1.49. The highest BCUT2D eigenvalue weighted by atomic mass is 32.2. The van der Waals surface area contributed by atoms with Crippen LogP contribution in [0.15, 0.2) is 18.5 Å². The standard InChI is InChI=1S/C12H16N4O2S2/c1-15(20(2,17)18)9-4-6-16(8-9)12-14-10-7-13-5-3-11(10)19-12/h3,5,7,9H,4,6,8H2,1-2H3. The van der Waals surface area contributed by atoms with Gasteiger partial charge in [0.1, 0.15) is 5.52 Å². The first kappa shape index (κ1) is 13.7. The van der Waals surface area contributed by atoms with E-state index in [-0.39, 0.29) is 6.04 Å². The van der Waals surface area contributed by atoms with Crippen molar-refractivity contribution in [3.63, 3.8) is 0 Å². The second-order valence-electron chi connectivity index (χ2n) is 5.01. The highest BCUT2D eigenvalue weighted by molar-refractivity contribution is 7.88. The fourth-order valence-corrected chi connectivity index (χ4v) is 4.07. The topological polar surface area (TPSA) is 66.4 Å². The zero-order valence-corrected chi connectivity index (χ0v) is 13.0. The second-order valence-corrected chi connectivity index (χ2v) is 8.06. The summed E-state index contributed by atoms with van der Waals surface area (Å²) < 4.78 is 25.7. The summed E-state index contributed by atoms with van der Waals surface area (Å²) in [6, 6.07) is 1.97. The highest BCUT2D eigenvalue weighted by Crippen LogP contribution is 2.31. The van der Waals surface area contributed by atoms with Gasteiger partial charge in [-0.3, -0.25) is 4.98 Å². The van der Waals surface area contributed by atoms with Crippen molar-refractivity contribution in [2.45, 2.75) is 12.5 Å². The number of fused-ring (bicyclic) bond motifs is 1. The van der Waals surface area contributed by atoms with Crippen LogP contribution in [-0.2, 0) is 10.0 Å². The van der Waals surface area contributed by atoms with Crippen LogP contribution < -0.4 is 4.90 Å². The maximum absolute atomic E-state index is 11.6. The van der Waals surface area contributed by atoms with Crippen LogP contribution in [0, 0.1) is 0 Å². The van der Waals surface area contributed by atoms with E-state index in [1.165, 1.54) is 10.6 Å². The van der Waals surface area contributed by atoms with Crippen molar-refractivity contribution < 1.29 is 8.42 Å². The van der Waals surface area contributed by atoms with Crippen molar-refractivity contribution in [3.8, 4) is 0 Å². The van der Waals surface area contributed by atoms with Gasteiger partial charge in [0, 0.05) is 32.4 Å². The van der Waals surface area contributed by atoms with Crippen LogP contribution in [0.4, 0.5) is 5.13 Å². The van der Waals surface area contributed by atoms with Gasteiger partial charge >= 0.3 is 0 Å². The van der Waals surface area contributed by atoms with Gasteiger partial charge in [-0.1, -0.05) is 11.3 Å². The van der Waals surface area contributed by atoms with Gasteiger partial charge in [0.15, 0.2) is 5.13 Å². The van der Waals surface area contributed by atoms with E-state index in [1.54, 1.807) is 30.8 Å². The molecule has 2 aromatic heterocycles. The van der Waals surface area contributed by atoms with Crippen LogP contribution >= 0.6 is 11.3 Å². The summed E-state index contributed by atoms with van der Waals surface area (Å²) in [5, 5.41) is 0.942.